The van der Waals surface area contributed by atoms with Crippen LogP contribution < -0.4 is 5.73 Å². The van der Waals surface area contributed by atoms with Crippen molar-refractivity contribution in [2.45, 2.75) is 38.6 Å². The molecule has 0 saturated heterocycles. The van der Waals surface area contributed by atoms with Crippen LogP contribution in [0.1, 0.15) is 41.6 Å². The smallest absolute Gasteiger partial charge is 0.254 e. The van der Waals surface area contributed by atoms with E-state index < -0.39 is 0 Å². The Kier molecular flexibility index (Phi) is 4.86. The summed E-state index contributed by atoms with van der Waals surface area (Å²) in [6.45, 7) is 6.27. The second-order valence-corrected chi connectivity index (χ2v) is 6.27. The molecule has 1 aliphatic carbocycles. The molecule has 0 spiro atoms. The number of halogens is 1. The number of benzene rings is 1. The summed E-state index contributed by atoms with van der Waals surface area (Å²) in [6.07, 6.45) is 6.37. The number of hydrogen-bond acceptors (Lipinski definition) is 2. The zero-order chi connectivity index (χ0) is 14.7. The molecule has 1 aromatic carbocycles. The average molecular weight is 337 g/mol. The zero-order valence-corrected chi connectivity index (χ0v) is 13.4. The molecule has 108 valence electrons. The third-order valence-corrected chi connectivity index (χ3v) is 4.45. The topological polar surface area (TPSA) is 46.3 Å². The predicted octanol–water partition coefficient (Wildman–Crippen LogP) is 3.91. The van der Waals surface area contributed by atoms with Crippen LogP contribution >= 0.6 is 15.9 Å². The van der Waals surface area contributed by atoms with Gasteiger partial charge in [0.2, 0.25) is 0 Å². The number of carbonyl (C=O) groups excluding carboxylic acids is 1. The Morgan fingerprint density at radius 3 is 2.75 bits per heavy atom. The molecule has 1 aliphatic rings. The Labute approximate surface area is 129 Å². The highest BCUT2D eigenvalue weighted by molar-refractivity contribution is 9.10. The number of hydrogen-bond donors (Lipinski definition) is 1. The summed E-state index contributed by atoms with van der Waals surface area (Å²) in [4.78, 5) is 14.8. The highest BCUT2D eigenvalue weighted by Gasteiger charge is 2.27. The van der Waals surface area contributed by atoms with Crippen molar-refractivity contribution in [2.24, 2.45) is 0 Å². The van der Waals surface area contributed by atoms with E-state index in [1.165, 1.54) is 12.8 Å². The van der Waals surface area contributed by atoms with Gasteiger partial charge in [-0.15, -0.1) is 6.58 Å². The Morgan fingerprint density at radius 1 is 1.50 bits per heavy atom. The number of amides is 1. The maximum Gasteiger partial charge on any atom is 0.254 e. The minimum atomic E-state index is 0.0577. The second-order valence-electron chi connectivity index (χ2n) is 5.35. The van der Waals surface area contributed by atoms with Gasteiger partial charge in [0.1, 0.15) is 0 Å². The van der Waals surface area contributed by atoms with Crippen LogP contribution in [0.4, 0.5) is 5.69 Å². The van der Waals surface area contributed by atoms with Crippen molar-refractivity contribution in [3.63, 3.8) is 0 Å². The summed E-state index contributed by atoms with van der Waals surface area (Å²) in [5.74, 6) is 0.0577. The van der Waals surface area contributed by atoms with Crippen molar-refractivity contribution < 1.29 is 4.79 Å². The highest BCUT2D eigenvalue weighted by Crippen LogP contribution is 2.28. The van der Waals surface area contributed by atoms with Crippen LogP contribution in [0, 0.1) is 6.92 Å². The standard InChI is InChI=1S/C16H21BrN2O/c1-3-8-19(13-6-4-5-7-13)16(20)14-9-12(17)10-15(18)11(14)2/h3,9-10,13H,1,4-8,18H2,2H3. The Balaban J connectivity index is 2.33. The van der Waals surface area contributed by atoms with Gasteiger partial charge in [0.05, 0.1) is 0 Å². The van der Waals surface area contributed by atoms with E-state index in [0.29, 0.717) is 23.8 Å². The Morgan fingerprint density at radius 2 is 2.15 bits per heavy atom. The molecule has 1 amide bonds. The van der Waals surface area contributed by atoms with Crippen molar-refractivity contribution in [1.29, 1.82) is 0 Å². The predicted molar refractivity (Wildman–Crippen MR) is 86.8 cm³/mol. The number of nitrogen functional groups attached to an aromatic ring is 1. The molecule has 0 bridgehead atoms. The van der Waals surface area contributed by atoms with Gasteiger partial charge in [-0.2, -0.15) is 0 Å². The maximum atomic E-state index is 12.8. The molecule has 1 saturated carbocycles. The summed E-state index contributed by atoms with van der Waals surface area (Å²) in [5.41, 5.74) is 8.15. The number of nitrogens with two attached hydrogens (primary N) is 1. The Hall–Kier alpha value is -1.29. The van der Waals surface area contributed by atoms with Crippen LogP contribution in [0.3, 0.4) is 0 Å². The molecule has 1 aromatic rings. The van der Waals surface area contributed by atoms with Crippen LogP contribution in [-0.2, 0) is 0 Å². The van der Waals surface area contributed by atoms with Crippen molar-refractivity contribution in [3.05, 3.63) is 40.4 Å². The van der Waals surface area contributed by atoms with Gasteiger partial charge >= 0.3 is 0 Å². The lowest BCUT2D eigenvalue weighted by Crippen LogP contribution is -2.39. The molecule has 3 nitrogen and oxygen atoms in total. The largest absolute Gasteiger partial charge is 0.398 e. The lowest BCUT2D eigenvalue weighted by atomic mass is 10.0. The molecule has 0 aromatic heterocycles. The van der Waals surface area contributed by atoms with E-state index in [2.05, 4.69) is 22.5 Å². The molecular weight excluding hydrogens is 316 g/mol. The van der Waals surface area contributed by atoms with Crippen molar-refractivity contribution in [1.82, 2.24) is 4.90 Å². The molecule has 0 aliphatic heterocycles. The quantitative estimate of drug-likeness (QED) is 0.669. The normalized spacial score (nSPS) is 15.3. The molecule has 2 rings (SSSR count). The molecule has 0 radical (unpaired) electrons. The fourth-order valence-electron chi connectivity index (χ4n) is 2.83. The van der Waals surface area contributed by atoms with Gasteiger partial charge in [0.15, 0.2) is 0 Å². The highest BCUT2D eigenvalue weighted by atomic mass is 79.9. The van der Waals surface area contributed by atoms with Gasteiger partial charge in [0, 0.05) is 28.3 Å². The van der Waals surface area contributed by atoms with E-state index in [4.69, 9.17) is 5.73 Å². The zero-order valence-electron chi connectivity index (χ0n) is 11.9. The van der Waals surface area contributed by atoms with Gasteiger partial charge in [-0.1, -0.05) is 34.8 Å². The lowest BCUT2D eigenvalue weighted by molar-refractivity contribution is 0.0706. The minimum Gasteiger partial charge on any atom is -0.398 e. The van der Waals surface area contributed by atoms with E-state index in [-0.39, 0.29) is 5.91 Å². The van der Waals surface area contributed by atoms with Crippen LogP contribution in [-0.4, -0.2) is 23.4 Å². The van der Waals surface area contributed by atoms with Gasteiger partial charge in [-0.3, -0.25) is 4.79 Å². The summed E-state index contributed by atoms with van der Waals surface area (Å²) in [5, 5.41) is 0. The lowest BCUT2D eigenvalue weighted by Gasteiger charge is -2.28. The SMILES string of the molecule is C=CCN(C(=O)c1cc(Br)cc(N)c1C)C1CCCC1. The van der Waals surface area contributed by atoms with Crippen LogP contribution in [0.5, 0.6) is 0 Å². The summed E-state index contributed by atoms with van der Waals surface area (Å²) in [7, 11) is 0. The van der Waals surface area contributed by atoms with Gasteiger partial charge in [0.25, 0.3) is 5.91 Å². The van der Waals surface area contributed by atoms with E-state index in [1.807, 2.05) is 24.0 Å². The third-order valence-electron chi connectivity index (χ3n) is 4.00. The number of nitrogens with zero attached hydrogens (tertiary/aromatic N) is 1. The monoisotopic (exact) mass is 336 g/mol. The number of rotatable bonds is 4. The number of carbonyl (C=O) groups is 1. The van der Waals surface area contributed by atoms with E-state index in [0.717, 1.165) is 22.9 Å². The molecule has 0 atom stereocenters. The van der Waals surface area contributed by atoms with Crippen molar-refractivity contribution in [3.8, 4) is 0 Å². The third kappa shape index (κ3) is 3.06. The first-order valence-electron chi connectivity index (χ1n) is 7.02. The first-order chi connectivity index (χ1) is 9.54. The molecule has 2 N–H and O–H groups in total. The fraction of sp³-hybridized carbons (Fsp3) is 0.438. The summed E-state index contributed by atoms with van der Waals surface area (Å²) in [6, 6.07) is 4.03. The Bertz CT molecular complexity index is 521. The van der Waals surface area contributed by atoms with Crippen LogP contribution in [0.2, 0.25) is 0 Å². The number of anilines is 1. The minimum absolute atomic E-state index is 0.0577. The molecule has 0 heterocycles. The molecule has 0 unspecified atom stereocenters. The molecule has 1 fully saturated rings. The molecular formula is C16H21BrN2O. The van der Waals surface area contributed by atoms with Gasteiger partial charge < -0.3 is 10.6 Å². The van der Waals surface area contributed by atoms with Gasteiger partial charge in [-0.05, 0) is 37.5 Å². The van der Waals surface area contributed by atoms with Crippen LogP contribution in [0.15, 0.2) is 29.3 Å². The average Bonchev–Trinajstić information content (AvgIpc) is 2.93. The first-order valence-corrected chi connectivity index (χ1v) is 7.81. The van der Waals surface area contributed by atoms with Crippen molar-refractivity contribution >= 4 is 27.5 Å². The van der Waals surface area contributed by atoms with Crippen LogP contribution in [0.25, 0.3) is 0 Å². The van der Waals surface area contributed by atoms with Crippen molar-refractivity contribution in [2.75, 3.05) is 12.3 Å². The van der Waals surface area contributed by atoms with E-state index in [1.54, 1.807) is 6.08 Å². The molecule has 20 heavy (non-hydrogen) atoms. The fourth-order valence-corrected chi connectivity index (χ4v) is 3.31. The summed E-state index contributed by atoms with van der Waals surface area (Å²) < 4.78 is 0.842. The maximum absolute atomic E-state index is 12.8. The summed E-state index contributed by atoms with van der Waals surface area (Å²) >= 11 is 3.42. The van der Waals surface area contributed by atoms with E-state index in [9.17, 15) is 4.79 Å². The first kappa shape index (κ1) is 15.1. The van der Waals surface area contributed by atoms with Gasteiger partial charge in [-0.25, -0.2) is 0 Å². The van der Waals surface area contributed by atoms with E-state index >= 15 is 0 Å². The molecule has 4 heteroatoms. The second kappa shape index (κ2) is 6.44.